The Balaban J connectivity index is 1.08. The van der Waals surface area contributed by atoms with Crippen LogP contribution in [0.1, 0.15) is 46.2 Å². The molecule has 0 saturated heterocycles. The number of hydrogen-bond acceptors (Lipinski definition) is 2. The van der Waals surface area contributed by atoms with Crippen LogP contribution in [-0.2, 0) is 12.8 Å². The quantitative estimate of drug-likeness (QED) is 0.164. The lowest BCUT2D eigenvalue weighted by Crippen LogP contribution is -2.33. The summed E-state index contributed by atoms with van der Waals surface area (Å²) in [5.41, 5.74) is 13.4. The molecule has 1 aliphatic heterocycles. The highest BCUT2D eigenvalue weighted by Crippen LogP contribution is 2.41. The van der Waals surface area contributed by atoms with Gasteiger partial charge in [0.2, 0.25) is 0 Å². The second-order valence-electron chi connectivity index (χ2n) is 15.4. The highest BCUT2D eigenvalue weighted by Gasteiger charge is 2.31. The van der Waals surface area contributed by atoms with Crippen molar-refractivity contribution in [3.8, 4) is 5.69 Å². The summed E-state index contributed by atoms with van der Waals surface area (Å²) in [6.45, 7) is 0. The Morgan fingerprint density at radius 1 is 0.491 bits per heavy atom. The van der Waals surface area contributed by atoms with Crippen LogP contribution in [0.25, 0.3) is 72.0 Å². The third kappa shape index (κ3) is 4.63. The Bertz CT molecular complexity index is 3160. The van der Waals surface area contributed by atoms with E-state index in [1.807, 2.05) is 0 Å². The molecule has 1 aromatic heterocycles. The van der Waals surface area contributed by atoms with Gasteiger partial charge in [0, 0.05) is 21.9 Å². The molecule has 4 aliphatic rings. The van der Waals surface area contributed by atoms with Crippen LogP contribution in [0.15, 0.2) is 162 Å². The van der Waals surface area contributed by atoms with E-state index in [-0.39, 0.29) is 12.1 Å². The predicted molar refractivity (Wildman–Crippen MR) is 233 cm³/mol. The fraction of sp³-hybridized carbons (Fsp3) is 0.115. The van der Waals surface area contributed by atoms with Crippen LogP contribution in [0, 0.1) is 0 Å². The zero-order chi connectivity index (χ0) is 36.0. The molecule has 0 bridgehead atoms. The van der Waals surface area contributed by atoms with Crippen LogP contribution in [0.2, 0.25) is 0 Å². The van der Waals surface area contributed by atoms with Crippen molar-refractivity contribution in [2.75, 3.05) is 0 Å². The van der Waals surface area contributed by atoms with Crippen LogP contribution in [0.3, 0.4) is 0 Å². The summed E-state index contributed by atoms with van der Waals surface area (Å²) in [5, 5.41) is 10.3. The van der Waals surface area contributed by atoms with Gasteiger partial charge in [0.1, 0.15) is 0 Å². The molecule has 2 unspecified atom stereocenters. The van der Waals surface area contributed by atoms with Gasteiger partial charge in [0.25, 0.3) is 0 Å². The molecule has 0 spiro atoms. The molecule has 55 heavy (non-hydrogen) atoms. The second-order valence-corrected chi connectivity index (χ2v) is 15.4. The first-order valence-electron chi connectivity index (χ1n) is 19.7. The highest BCUT2D eigenvalue weighted by atomic mass is 15.0. The Morgan fingerprint density at radius 2 is 1.18 bits per heavy atom. The van der Waals surface area contributed by atoms with Gasteiger partial charge in [-0.2, -0.15) is 0 Å². The van der Waals surface area contributed by atoms with Crippen molar-refractivity contribution in [3.05, 3.63) is 185 Å². The van der Waals surface area contributed by atoms with E-state index in [4.69, 9.17) is 9.98 Å². The fourth-order valence-electron chi connectivity index (χ4n) is 9.84. The number of hydrogen-bond donors (Lipinski definition) is 0. The topological polar surface area (TPSA) is 29.6 Å². The zero-order valence-corrected chi connectivity index (χ0v) is 30.4. The van der Waals surface area contributed by atoms with Gasteiger partial charge in [-0.3, -0.25) is 9.98 Å². The number of para-hydroxylation sites is 1. The molecular formula is C52H37N3. The smallest absolute Gasteiger partial charge is 0.0950 e. The van der Waals surface area contributed by atoms with E-state index in [2.05, 4.69) is 168 Å². The molecule has 2 atom stereocenters. The Labute approximate surface area is 319 Å². The summed E-state index contributed by atoms with van der Waals surface area (Å²) < 4.78 is 2.51. The molecule has 2 heterocycles. The third-order valence-corrected chi connectivity index (χ3v) is 12.4. The molecule has 12 rings (SSSR count). The van der Waals surface area contributed by atoms with E-state index in [1.165, 1.54) is 82.1 Å². The number of rotatable bonds is 3. The monoisotopic (exact) mass is 703 g/mol. The summed E-state index contributed by atoms with van der Waals surface area (Å²) >= 11 is 0. The SMILES string of the molecule is C1=CC2N=C(c3ccc4c5c(c6ccccc6c4c3)C=CCC5)C(c3ccc(-n4c5ccccc5c5cc6ccccc6cc54)c4c3C=CCC4)=NC2C=C1. The van der Waals surface area contributed by atoms with Crippen LogP contribution in [0.4, 0.5) is 0 Å². The van der Waals surface area contributed by atoms with Crippen LogP contribution in [0.5, 0.6) is 0 Å². The lowest BCUT2D eigenvalue weighted by molar-refractivity contribution is 0.697. The Kier molecular flexibility index (Phi) is 6.71. The third-order valence-electron chi connectivity index (χ3n) is 12.4. The molecular weight excluding hydrogens is 667 g/mol. The maximum atomic E-state index is 5.58. The summed E-state index contributed by atoms with van der Waals surface area (Å²) in [7, 11) is 0. The number of fused-ring (bicyclic) bond motifs is 12. The molecule has 7 aromatic carbocycles. The number of benzene rings is 7. The van der Waals surface area contributed by atoms with E-state index < -0.39 is 0 Å². The highest BCUT2D eigenvalue weighted by molar-refractivity contribution is 6.54. The van der Waals surface area contributed by atoms with Crippen molar-refractivity contribution >= 4 is 77.7 Å². The minimum atomic E-state index is -0.0302. The molecule has 0 N–H and O–H groups in total. The van der Waals surface area contributed by atoms with E-state index in [9.17, 15) is 0 Å². The summed E-state index contributed by atoms with van der Waals surface area (Å²) in [5.74, 6) is 0. The van der Waals surface area contributed by atoms with Crippen molar-refractivity contribution in [2.24, 2.45) is 9.98 Å². The molecule has 0 amide bonds. The average Bonchev–Trinajstić information content (AvgIpc) is 3.57. The van der Waals surface area contributed by atoms with E-state index in [1.54, 1.807) is 0 Å². The van der Waals surface area contributed by atoms with Crippen LogP contribution in [-0.4, -0.2) is 28.1 Å². The maximum Gasteiger partial charge on any atom is 0.0950 e. The molecule has 3 aliphatic carbocycles. The summed E-state index contributed by atoms with van der Waals surface area (Å²) in [4.78, 5) is 11.1. The predicted octanol–water partition coefficient (Wildman–Crippen LogP) is 12.3. The zero-order valence-electron chi connectivity index (χ0n) is 30.4. The van der Waals surface area contributed by atoms with Gasteiger partial charge >= 0.3 is 0 Å². The van der Waals surface area contributed by atoms with Gasteiger partial charge in [-0.1, -0.05) is 134 Å². The van der Waals surface area contributed by atoms with Crippen molar-refractivity contribution in [1.29, 1.82) is 0 Å². The first-order chi connectivity index (χ1) is 27.3. The van der Waals surface area contributed by atoms with Crippen molar-refractivity contribution in [3.63, 3.8) is 0 Å². The first-order valence-corrected chi connectivity index (χ1v) is 19.7. The van der Waals surface area contributed by atoms with Crippen molar-refractivity contribution in [1.82, 2.24) is 4.57 Å². The van der Waals surface area contributed by atoms with E-state index in [0.717, 1.165) is 48.2 Å². The average molecular weight is 704 g/mol. The fourth-order valence-corrected chi connectivity index (χ4v) is 9.84. The Morgan fingerprint density at radius 3 is 2.02 bits per heavy atom. The van der Waals surface area contributed by atoms with Gasteiger partial charge in [-0.05, 0) is 111 Å². The second kappa shape index (κ2) is 12.0. The molecule has 3 nitrogen and oxygen atoms in total. The number of aromatic nitrogens is 1. The van der Waals surface area contributed by atoms with E-state index >= 15 is 0 Å². The molecule has 0 fully saturated rings. The number of aliphatic imine (C=N–C) groups is 2. The van der Waals surface area contributed by atoms with Gasteiger partial charge in [-0.15, -0.1) is 0 Å². The lowest BCUT2D eigenvalue weighted by Gasteiger charge is -2.28. The van der Waals surface area contributed by atoms with Gasteiger partial charge in [0.05, 0.1) is 40.2 Å². The van der Waals surface area contributed by atoms with Gasteiger partial charge < -0.3 is 4.57 Å². The number of allylic oxidation sites excluding steroid dienone is 4. The largest absolute Gasteiger partial charge is 0.309 e. The Hall–Kier alpha value is -6.58. The normalized spacial score (nSPS) is 18.5. The minimum Gasteiger partial charge on any atom is -0.309 e. The number of nitrogens with zero attached hydrogens (tertiary/aromatic N) is 3. The lowest BCUT2D eigenvalue weighted by atomic mass is 9.84. The molecule has 0 radical (unpaired) electrons. The van der Waals surface area contributed by atoms with Crippen LogP contribution < -0.4 is 0 Å². The van der Waals surface area contributed by atoms with Crippen molar-refractivity contribution < 1.29 is 0 Å². The molecule has 260 valence electrons. The van der Waals surface area contributed by atoms with Gasteiger partial charge in [0.15, 0.2) is 0 Å². The minimum absolute atomic E-state index is 0.0251. The van der Waals surface area contributed by atoms with Crippen LogP contribution >= 0.6 is 0 Å². The first kappa shape index (κ1) is 30.8. The molecule has 3 heteroatoms. The maximum absolute atomic E-state index is 5.58. The molecule has 8 aromatic rings. The van der Waals surface area contributed by atoms with Crippen molar-refractivity contribution in [2.45, 2.75) is 37.8 Å². The molecule has 0 saturated carbocycles. The standard InChI is InChI=1S/C52H37N3/c1-2-14-33-31-50-45(29-32(33)13-1)42-21-9-12-24-48(42)55(50)49-28-27-43(39-19-7-8-20-41(39)49)52-51(53-46-22-10-11-23-47(46)54-52)34-25-26-40-37-17-4-3-15-35(37)36-16-5-6-18-38(36)44(40)30-34/h1-3,5-7,9-16,18-19,21-31,46-47H,4,8,17,20H2. The number of aryl methyl sites for hydroxylation is 1. The summed E-state index contributed by atoms with van der Waals surface area (Å²) in [6, 6.07) is 42.9. The van der Waals surface area contributed by atoms with Gasteiger partial charge in [-0.25, -0.2) is 0 Å². The summed E-state index contributed by atoms with van der Waals surface area (Å²) in [6.07, 6.45) is 22.1. The van der Waals surface area contributed by atoms with E-state index in [0.29, 0.717) is 0 Å².